The minimum absolute atomic E-state index is 0.00450. The lowest BCUT2D eigenvalue weighted by atomic mass is 9.94. The topological polar surface area (TPSA) is 115 Å². The molecule has 16 heteroatoms. The average Bonchev–Trinajstić information content (AvgIpc) is 3.84. The van der Waals surface area contributed by atoms with Crippen LogP contribution >= 0.6 is 23.2 Å². The number of aliphatic hydroxyl groups is 1. The van der Waals surface area contributed by atoms with Crippen molar-refractivity contribution in [3.8, 4) is 45.2 Å². The van der Waals surface area contributed by atoms with Crippen molar-refractivity contribution in [1.82, 2.24) is 20.3 Å². The second kappa shape index (κ2) is 16.9. The first kappa shape index (κ1) is 39.6. The van der Waals surface area contributed by atoms with Gasteiger partial charge in [-0.05, 0) is 78.9 Å². The molecular formula is C42H22Cl2F6N4O4. The van der Waals surface area contributed by atoms with Crippen LogP contribution in [0.15, 0.2) is 131 Å². The minimum Gasteiger partial charge on any atom is -0.383 e. The number of pyridine rings is 2. The van der Waals surface area contributed by atoms with Gasteiger partial charge in [-0.15, -0.1) is 0 Å². The van der Waals surface area contributed by atoms with E-state index in [1.807, 2.05) is 0 Å². The molecule has 290 valence electrons. The highest BCUT2D eigenvalue weighted by molar-refractivity contribution is 6.31. The zero-order valence-corrected chi connectivity index (χ0v) is 30.6. The number of benzene rings is 4. The predicted molar refractivity (Wildman–Crippen MR) is 200 cm³/mol. The molecule has 0 saturated carbocycles. The fraction of sp³-hybridized carbons (Fsp3) is 0.0238. The first-order chi connectivity index (χ1) is 27.9. The van der Waals surface area contributed by atoms with E-state index < -0.39 is 46.8 Å². The lowest BCUT2D eigenvalue weighted by molar-refractivity contribution is 0.103. The first-order valence-corrected chi connectivity index (χ1v) is 17.5. The zero-order chi connectivity index (χ0) is 41.1. The van der Waals surface area contributed by atoms with Gasteiger partial charge in [-0.1, -0.05) is 39.6 Å². The molecule has 0 fully saturated rings. The van der Waals surface area contributed by atoms with Crippen LogP contribution in [0, 0.1) is 34.9 Å². The highest BCUT2D eigenvalue weighted by atomic mass is 35.5. The largest absolute Gasteiger partial charge is 0.383 e. The van der Waals surface area contributed by atoms with Gasteiger partial charge in [0.1, 0.15) is 52.4 Å². The van der Waals surface area contributed by atoms with Crippen LogP contribution in [-0.4, -0.2) is 31.2 Å². The summed E-state index contributed by atoms with van der Waals surface area (Å²) in [5, 5.41) is 19.0. The Hall–Kier alpha value is -6.61. The van der Waals surface area contributed by atoms with Crippen LogP contribution in [0.25, 0.3) is 45.2 Å². The van der Waals surface area contributed by atoms with Crippen molar-refractivity contribution in [1.29, 1.82) is 0 Å². The number of carbonyl (C=O) groups excluding carboxylic acids is 1. The SMILES string of the molecule is O=C(c1cccnc1)c1c(-c2ccc(Cl)cc2F)noc1-c1ccc(F)cc1F.OC(c1cccnc1)c1c(-c2ccc(Cl)cc2F)noc1-c1ccc(F)cc1F. The summed E-state index contributed by atoms with van der Waals surface area (Å²) in [5.41, 5.74) is -0.172. The number of rotatable bonds is 8. The van der Waals surface area contributed by atoms with Crippen LogP contribution in [0.3, 0.4) is 0 Å². The summed E-state index contributed by atoms with van der Waals surface area (Å²) in [5.74, 6) is -5.88. The number of hydrogen-bond donors (Lipinski definition) is 1. The summed E-state index contributed by atoms with van der Waals surface area (Å²) in [6.07, 6.45) is 4.35. The summed E-state index contributed by atoms with van der Waals surface area (Å²) in [6.45, 7) is 0. The fourth-order valence-corrected chi connectivity index (χ4v) is 6.18. The van der Waals surface area contributed by atoms with Gasteiger partial charge in [0.05, 0.1) is 22.3 Å². The van der Waals surface area contributed by atoms with E-state index in [9.17, 15) is 36.2 Å². The molecule has 0 bridgehead atoms. The fourth-order valence-electron chi connectivity index (χ4n) is 5.86. The average molecular weight is 832 g/mol. The van der Waals surface area contributed by atoms with E-state index in [1.54, 1.807) is 18.2 Å². The maximum absolute atomic E-state index is 14.5. The van der Waals surface area contributed by atoms with Crippen molar-refractivity contribution in [2.75, 3.05) is 0 Å². The Kier molecular flexibility index (Phi) is 11.5. The molecule has 0 aliphatic heterocycles. The van der Waals surface area contributed by atoms with Gasteiger partial charge in [0.25, 0.3) is 0 Å². The number of halogens is 8. The van der Waals surface area contributed by atoms with Gasteiger partial charge in [0, 0.05) is 69.2 Å². The van der Waals surface area contributed by atoms with Crippen LogP contribution < -0.4 is 0 Å². The summed E-state index contributed by atoms with van der Waals surface area (Å²) >= 11 is 11.6. The smallest absolute Gasteiger partial charge is 0.200 e. The molecule has 58 heavy (non-hydrogen) atoms. The van der Waals surface area contributed by atoms with Crippen molar-refractivity contribution in [3.05, 3.63) is 189 Å². The molecular weight excluding hydrogens is 809 g/mol. The number of aliphatic hydroxyl groups excluding tert-OH is 1. The Labute approximate surface area is 333 Å². The Bertz CT molecular complexity index is 2650. The predicted octanol–water partition coefficient (Wildman–Crippen LogP) is 11.3. The number of carbonyl (C=O) groups is 1. The zero-order valence-electron chi connectivity index (χ0n) is 29.1. The lowest BCUT2D eigenvalue weighted by Crippen LogP contribution is -2.05. The molecule has 4 heterocycles. The summed E-state index contributed by atoms with van der Waals surface area (Å²) in [7, 11) is 0. The van der Waals surface area contributed by atoms with Crippen LogP contribution in [0.5, 0.6) is 0 Å². The molecule has 0 aliphatic rings. The summed E-state index contributed by atoms with van der Waals surface area (Å²) in [6, 6.07) is 19.6. The highest BCUT2D eigenvalue weighted by Gasteiger charge is 2.31. The molecule has 1 unspecified atom stereocenters. The molecule has 0 radical (unpaired) electrons. The second-order valence-electron chi connectivity index (χ2n) is 12.3. The van der Waals surface area contributed by atoms with Gasteiger partial charge in [0.2, 0.25) is 5.78 Å². The minimum atomic E-state index is -1.36. The number of nitrogens with zero attached hydrogens (tertiary/aromatic N) is 4. The van der Waals surface area contributed by atoms with E-state index in [-0.39, 0.29) is 71.9 Å². The molecule has 8 nitrogen and oxygen atoms in total. The van der Waals surface area contributed by atoms with E-state index in [4.69, 9.17) is 32.2 Å². The molecule has 0 amide bonds. The third-order valence-corrected chi connectivity index (χ3v) is 9.04. The van der Waals surface area contributed by atoms with Crippen LogP contribution in [0.4, 0.5) is 26.3 Å². The third-order valence-electron chi connectivity index (χ3n) is 8.57. The Morgan fingerprint density at radius 2 is 1.09 bits per heavy atom. The maximum atomic E-state index is 14.5. The van der Waals surface area contributed by atoms with Crippen molar-refractivity contribution in [3.63, 3.8) is 0 Å². The lowest BCUT2D eigenvalue weighted by Gasteiger charge is -2.13. The Balaban J connectivity index is 0.000000177. The van der Waals surface area contributed by atoms with Crippen molar-refractivity contribution in [2.45, 2.75) is 6.10 Å². The molecule has 8 aromatic rings. The molecule has 8 rings (SSSR count). The van der Waals surface area contributed by atoms with E-state index in [1.165, 1.54) is 55.1 Å². The van der Waals surface area contributed by atoms with Gasteiger partial charge < -0.3 is 14.2 Å². The molecule has 1 N–H and O–H groups in total. The van der Waals surface area contributed by atoms with Crippen molar-refractivity contribution in [2.24, 2.45) is 0 Å². The molecule has 4 aromatic carbocycles. The molecule has 0 aliphatic carbocycles. The molecule has 4 aromatic heterocycles. The Morgan fingerprint density at radius 1 is 0.586 bits per heavy atom. The van der Waals surface area contributed by atoms with Gasteiger partial charge in [-0.3, -0.25) is 14.8 Å². The van der Waals surface area contributed by atoms with Crippen LogP contribution in [0.1, 0.15) is 33.2 Å². The van der Waals surface area contributed by atoms with Gasteiger partial charge in [-0.2, -0.15) is 0 Å². The van der Waals surface area contributed by atoms with E-state index in [0.29, 0.717) is 17.7 Å². The quantitative estimate of drug-likeness (QED) is 0.119. The number of aromatic nitrogens is 4. The Morgan fingerprint density at radius 3 is 1.62 bits per heavy atom. The number of hydrogen-bond acceptors (Lipinski definition) is 8. The maximum Gasteiger partial charge on any atom is 0.200 e. The monoisotopic (exact) mass is 830 g/mol. The molecule has 0 saturated heterocycles. The van der Waals surface area contributed by atoms with Crippen LogP contribution in [-0.2, 0) is 0 Å². The normalized spacial score (nSPS) is 11.5. The molecule has 0 spiro atoms. The van der Waals surface area contributed by atoms with Gasteiger partial charge >= 0.3 is 0 Å². The van der Waals surface area contributed by atoms with Crippen molar-refractivity contribution < 1.29 is 45.3 Å². The van der Waals surface area contributed by atoms with Gasteiger partial charge in [-0.25, -0.2) is 26.3 Å². The summed E-state index contributed by atoms with van der Waals surface area (Å²) < 4.78 is 95.0. The third kappa shape index (κ3) is 8.11. The van der Waals surface area contributed by atoms with Crippen LogP contribution in [0.2, 0.25) is 10.0 Å². The van der Waals surface area contributed by atoms with Gasteiger partial charge in [0.15, 0.2) is 11.5 Å². The first-order valence-electron chi connectivity index (χ1n) is 16.7. The highest BCUT2D eigenvalue weighted by Crippen LogP contribution is 2.41. The van der Waals surface area contributed by atoms with E-state index >= 15 is 0 Å². The number of ketones is 1. The summed E-state index contributed by atoms with van der Waals surface area (Å²) in [4.78, 5) is 21.0. The van der Waals surface area contributed by atoms with E-state index in [0.717, 1.165) is 36.4 Å². The van der Waals surface area contributed by atoms with Crippen molar-refractivity contribution >= 4 is 29.0 Å². The second-order valence-corrected chi connectivity index (χ2v) is 13.1. The van der Waals surface area contributed by atoms with E-state index in [2.05, 4.69) is 20.3 Å². The molecule has 1 atom stereocenters. The standard InChI is InChI=1S/C21H12ClF3N2O2.C21H10ClF3N2O2/c2*22-12-3-5-14(16(24)8-12)19-18(20(28)11-2-1-7-26-10-11)21(29-27-19)15-6-4-13(23)9-17(15)25/h1-10,20,28H;1-10H.